The third kappa shape index (κ3) is 4.63. The molecule has 0 spiro atoms. The van der Waals surface area contributed by atoms with Crippen molar-refractivity contribution in [1.82, 2.24) is 15.2 Å². The number of pyridine rings is 1. The van der Waals surface area contributed by atoms with E-state index >= 15 is 0 Å². The Bertz CT molecular complexity index is 1400. The lowest BCUT2D eigenvalue weighted by atomic mass is 10.1. The molecule has 4 aromatic rings. The molecule has 0 amide bonds. The van der Waals surface area contributed by atoms with Gasteiger partial charge < -0.3 is 4.43 Å². The fourth-order valence-corrected chi connectivity index (χ4v) is 11.4. The maximum Gasteiger partial charge on any atom is 0.417 e. The SMILES string of the molecule is CC(C)(C)[Si](OC1CC2C(c3cc(-c4cncc(C(F)(F)F)c4)n[nH]3)[C@@H]2C1)(c1ccccc1)c1ccccc1. The van der Waals surface area contributed by atoms with E-state index in [4.69, 9.17) is 4.43 Å². The van der Waals surface area contributed by atoms with E-state index in [2.05, 4.69) is 96.6 Å². The van der Waals surface area contributed by atoms with Crippen LogP contribution >= 0.6 is 0 Å². The Morgan fingerprint density at radius 2 is 1.44 bits per heavy atom. The highest BCUT2D eigenvalue weighted by Crippen LogP contribution is 2.64. The third-order valence-electron chi connectivity index (χ3n) is 8.48. The molecule has 0 bridgehead atoms. The second-order valence-corrected chi connectivity index (χ2v) is 16.1. The average Bonchev–Trinajstić information content (AvgIpc) is 3.24. The summed E-state index contributed by atoms with van der Waals surface area (Å²) in [6.45, 7) is 6.89. The molecule has 0 saturated heterocycles. The zero-order chi connectivity index (χ0) is 27.4. The number of H-pyrrole nitrogens is 1. The highest BCUT2D eigenvalue weighted by atomic mass is 28.4. The van der Waals surface area contributed by atoms with E-state index in [0.29, 0.717) is 29.0 Å². The maximum absolute atomic E-state index is 13.2. The van der Waals surface area contributed by atoms with Crippen molar-refractivity contribution in [1.29, 1.82) is 0 Å². The van der Waals surface area contributed by atoms with Crippen LogP contribution in [-0.2, 0) is 10.6 Å². The first-order valence-corrected chi connectivity index (χ1v) is 15.4. The number of hydrogen-bond donors (Lipinski definition) is 1. The molecule has 0 radical (unpaired) electrons. The van der Waals surface area contributed by atoms with Crippen LogP contribution in [0.3, 0.4) is 0 Å². The van der Waals surface area contributed by atoms with Crippen LogP contribution in [0.1, 0.15) is 50.8 Å². The Kier molecular flexibility index (Phi) is 6.30. The van der Waals surface area contributed by atoms with Crippen LogP contribution in [0, 0.1) is 11.8 Å². The molecule has 4 nitrogen and oxygen atoms in total. The number of aromatic amines is 1. The molecule has 2 aliphatic carbocycles. The lowest BCUT2D eigenvalue weighted by Gasteiger charge is -2.45. The quantitative estimate of drug-likeness (QED) is 0.278. The van der Waals surface area contributed by atoms with Crippen molar-refractivity contribution >= 4 is 18.7 Å². The van der Waals surface area contributed by atoms with E-state index in [1.165, 1.54) is 16.6 Å². The van der Waals surface area contributed by atoms with E-state index in [0.717, 1.165) is 30.8 Å². The first-order chi connectivity index (χ1) is 18.6. The van der Waals surface area contributed by atoms with Gasteiger partial charge in [0.25, 0.3) is 8.32 Å². The minimum atomic E-state index is -4.43. The summed E-state index contributed by atoms with van der Waals surface area (Å²) in [6, 6.07) is 24.4. The largest absolute Gasteiger partial charge is 0.417 e. The molecule has 6 rings (SSSR count). The molecule has 2 saturated carbocycles. The predicted molar refractivity (Wildman–Crippen MR) is 148 cm³/mol. The van der Waals surface area contributed by atoms with Crippen molar-refractivity contribution in [3.8, 4) is 11.3 Å². The highest BCUT2D eigenvalue weighted by molar-refractivity contribution is 6.99. The standard InChI is InChI=1S/C31H32F3N3OSi/c1-30(2,3)39(23-10-6-4-7-11-23,24-12-8-5-9-13-24)38-22-15-25-26(16-22)29(25)28-17-27(36-37-28)20-14-21(19-35-18-20)31(32,33)34/h4-14,17-19,22,25-26,29H,15-16H2,1-3H3,(H,36,37)/t22?,25-,26?,29?/m1/s1. The fourth-order valence-electron chi connectivity index (χ4n) is 6.68. The van der Waals surface area contributed by atoms with Gasteiger partial charge in [-0.2, -0.15) is 18.3 Å². The number of rotatable bonds is 6. The Labute approximate surface area is 227 Å². The lowest BCUT2D eigenvalue weighted by molar-refractivity contribution is -0.137. The number of alkyl halides is 3. The fraction of sp³-hybridized carbons (Fsp3) is 0.355. The van der Waals surface area contributed by atoms with Gasteiger partial charge in [0.15, 0.2) is 0 Å². The summed E-state index contributed by atoms with van der Waals surface area (Å²) in [5, 5.41) is 9.93. The van der Waals surface area contributed by atoms with Gasteiger partial charge in [0.2, 0.25) is 0 Å². The third-order valence-corrected chi connectivity index (χ3v) is 13.6. The van der Waals surface area contributed by atoms with Crippen LogP contribution in [-0.4, -0.2) is 29.6 Å². The van der Waals surface area contributed by atoms with Gasteiger partial charge in [-0.1, -0.05) is 81.4 Å². The molecule has 0 aliphatic heterocycles. The van der Waals surface area contributed by atoms with Crippen molar-refractivity contribution in [3.05, 3.63) is 96.4 Å². The molecular formula is C31H32F3N3OSi. The lowest BCUT2D eigenvalue weighted by Crippen LogP contribution is -2.67. The zero-order valence-corrected chi connectivity index (χ0v) is 23.2. The van der Waals surface area contributed by atoms with Crippen LogP contribution in [0.15, 0.2) is 85.2 Å². The van der Waals surface area contributed by atoms with Gasteiger partial charge in [0, 0.05) is 35.7 Å². The molecule has 1 N–H and O–H groups in total. The molecule has 2 aliphatic rings. The number of nitrogens with zero attached hydrogens (tertiary/aromatic N) is 2. The van der Waals surface area contributed by atoms with E-state index in [1.54, 1.807) is 0 Å². The summed E-state index contributed by atoms with van der Waals surface area (Å²) in [6.07, 6.45) is -0.0584. The van der Waals surface area contributed by atoms with Gasteiger partial charge in [-0.3, -0.25) is 10.1 Å². The number of hydrogen-bond acceptors (Lipinski definition) is 3. The Hall–Kier alpha value is -3.23. The molecule has 202 valence electrons. The molecular weight excluding hydrogens is 515 g/mol. The number of nitrogens with one attached hydrogen (secondary N) is 1. The van der Waals surface area contributed by atoms with Crippen LogP contribution in [0.2, 0.25) is 5.04 Å². The summed E-state index contributed by atoms with van der Waals surface area (Å²) < 4.78 is 46.8. The summed E-state index contributed by atoms with van der Waals surface area (Å²) in [7, 11) is -2.60. The number of fused-ring (bicyclic) bond motifs is 1. The Morgan fingerprint density at radius 3 is 1.97 bits per heavy atom. The molecule has 2 aromatic carbocycles. The van der Waals surface area contributed by atoms with Crippen molar-refractivity contribution < 1.29 is 17.6 Å². The van der Waals surface area contributed by atoms with Crippen LogP contribution in [0.25, 0.3) is 11.3 Å². The number of benzene rings is 2. The number of halogens is 3. The van der Waals surface area contributed by atoms with Gasteiger partial charge in [-0.15, -0.1) is 0 Å². The molecule has 3 unspecified atom stereocenters. The van der Waals surface area contributed by atoms with Crippen LogP contribution < -0.4 is 10.4 Å². The highest BCUT2D eigenvalue weighted by Gasteiger charge is 2.60. The summed E-state index contributed by atoms with van der Waals surface area (Å²) in [5.41, 5.74) is 1.08. The smallest absolute Gasteiger partial charge is 0.404 e. The predicted octanol–water partition coefficient (Wildman–Crippen LogP) is 6.56. The summed E-state index contributed by atoms with van der Waals surface area (Å²) in [4.78, 5) is 3.78. The van der Waals surface area contributed by atoms with E-state index in [1.807, 2.05) is 6.07 Å². The van der Waals surface area contributed by atoms with E-state index in [9.17, 15) is 13.2 Å². The second kappa shape index (κ2) is 9.45. The monoisotopic (exact) mass is 547 g/mol. The van der Waals surface area contributed by atoms with Gasteiger partial charge in [0.05, 0.1) is 11.3 Å². The van der Waals surface area contributed by atoms with Gasteiger partial charge in [0.1, 0.15) is 0 Å². The van der Waals surface area contributed by atoms with Crippen molar-refractivity contribution in [2.75, 3.05) is 0 Å². The molecule has 2 heterocycles. The number of aromatic nitrogens is 3. The normalized spacial score (nSPS) is 23.0. The van der Waals surface area contributed by atoms with Gasteiger partial charge in [-0.25, -0.2) is 0 Å². The van der Waals surface area contributed by atoms with E-state index < -0.39 is 20.1 Å². The summed E-state index contributed by atoms with van der Waals surface area (Å²) in [5.74, 6) is 1.31. The van der Waals surface area contributed by atoms with Crippen molar-refractivity contribution in [3.63, 3.8) is 0 Å². The van der Waals surface area contributed by atoms with E-state index in [-0.39, 0.29) is 11.1 Å². The molecule has 8 heteroatoms. The van der Waals surface area contributed by atoms with Crippen LogP contribution in [0.5, 0.6) is 0 Å². The minimum absolute atomic E-state index is 0.0703. The zero-order valence-electron chi connectivity index (χ0n) is 22.2. The Balaban J connectivity index is 1.22. The minimum Gasteiger partial charge on any atom is -0.404 e. The van der Waals surface area contributed by atoms with Crippen molar-refractivity contribution in [2.45, 2.75) is 56.8 Å². The average molecular weight is 548 g/mol. The molecule has 2 fully saturated rings. The summed E-state index contributed by atoms with van der Waals surface area (Å²) >= 11 is 0. The molecule has 2 aromatic heterocycles. The maximum atomic E-state index is 13.2. The first-order valence-electron chi connectivity index (χ1n) is 13.4. The molecule has 39 heavy (non-hydrogen) atoms. The first kappa shape index (κ1) is 26.0. The van der Waals surface area contributed by atoms with Crippen LogP contribution in [0.4, 0.5) is 13.2 Å². The molecule has 4 atom stereocenters. The van der Waals surface area contributed by atoms with Gasteiger partial charge in [-0.05, 0) is 52.2 Å². The topological polar surface area (TPSA) is 50.8 Å². The Morgan fingerprint density at radius 1 is 0.846 bits per heavy atom. The second-order valence-electron chi connectivity index (χ2n) is 11.9. The van der Waals surface area contributed by atoms with Gasteiger partial charge >= 0.3 is 6.18 Å². The van der Waals surface area contributed by atoms with Crippen molar-refractivity contribution in [2.24, 2.45) is 11.8 Å².